The lowest BCUT2D eigenvalue weighted by Crippen LogP contribution is -2.12. The summed E-state index contributed by atoms with van der Waals surface area (Å²) in [5.74, 6) is -0.532. The van der Waals surface area contributed by atoms with Crippen molar-refractivity contribution in [3.05, 3.63) is 25.6 Å². The molecule has 0 aromatic heterocycles. The predicted octanol–water partition coefficient (Wildman–Crippen LogP) is 4.07. The minimum Gasteiger partial charge on any atom is -0.465 e. The highest BCUT2D eigenvalue weighted by atomic mass is 79.9. The average Bonchev–Trinajstić information content (AvgIpc) is 2.41. The number of halogens is 3. The molecule has 9 heteroatoms. The number of carbonyl (C=O) groups excluding carboxylic acids is 1. The van der Waals surface area contributed by atoms with Crippen molar-refractivity contribution in [2.75, 3.05) is 13.4 Å². The number of nitrogens with one attached hydrogen (secondary N) is 1. The molecule has 0 heterocycles. The Morgan fingerprint density at radius 3 is 2.75 bits per heavy atom. The zero-order chi connectivity index (χ0) is 15.3. The molecule has 1 aromatic rings. The van der Waals surface area contributed by atoms with Gasteiger partial charge in [-0.05, 0) is 44.2 Å². The van der Waals surface area contributed by atoms with Gasteiger partial charge in [-0.3, -0.25) is 5.32 Å². The van der Waals surface area contributed by atoms with E-state index in [1.165, 1.54) is 18.9 Å². The third kappa shape index (κ3) is 3.88. The number of rotatable bonds is 2. The summed E-state index contributed by atoms with van der Waals surface area (Å²) in [6.07, 6.45) is 3.53. The highest BCUT2D eigenvalue weighted by Crippen LogP contribution is 2.40. The van der Waals surface area contributed by atoms with Crippen LogP contribution in [0.4, 0.5) is 5.69 Å². The van der Waals surface area contributed by atoms with Gasteiger partial charge in [-0.1, -0.05) is 23.4 Å². The van der Waals surface area contributed by atoms with E-state index in [0.717, 1.165) is 0 Å². The van der Waals surface area contributed by atoms with E-state index >= 15 is 0 Å². The van der Waals surface area contributed by atoms with E-state index in [0.29, 0.717) is 24.8 Å². The Morgan fingerprint density at radius 2 is 2.25 bits per heavy atom. The van der Waals surface area contributed by atoms with Crippen LogP contribution in [0, 0.1) is 11.5 Å². The third-order valence-electron chi connectivity index (χ3n) is 2.10. The fourth-order valence-corrected chi connectivity index (χ4v) is 3.60. The monoisotopic (exact) mass is 439 g/mol. The molecule has 1 aromatic carbocycles. The fourth-order valence-electron chi connectivity index (χ4n) is 1.25. The predicted molar refractivity (Wildman–Crippen MR) is 87.6 cm³/mol. The van der Waals surface area contributed by atoms with Crippen LogP contribution in [0.25, 0.3) is 0 Å². The number of hydrogen-bond donors (Lipinski definition) is 1. The second-order valence-electron chi connectivity index (χ2n) is 3.23. The van der Waals surface area contributed by atoms with Crippen molar-refractivity contribution >= 4 is 72.0 Å². The lowest BCUT2D eigenvalue weighted by atomic mass is 10.2. The van der Waals surface area contributed by atoms with Gasteiger partial charge in [-0.25, -0.2) is 9.79 Å². The van der Waals surface area contributed by atoms with Gasteiger partial charge in [-0.15, -0.1) is 0 Å². The molecule has 20 heavy (non-hydrogen) atoms. The highest BCUT2D eigenvalue weighted by molar-refractivity contribution is 9.11. The molecule has 5 nitrogen and oxygen atoms in total. The molecule has 1 rings (SSSR count). The molecule has 0 aliphatic carbocycles. The lowest BCUT2D eigenvalue weighted by Gasteiger charge is -2.10. The zero-order valence-corrected chi connectivity index (χ0v) is 15.1. The molecule has 1 N–H and O–H groups in total. The van der Waals surface area contributed by atoms with Crippen molar-refractivity contribution in [2.45, 2.75) is 0 Å². The number of esters is 1. The summed E-state index contributed by atoms with van der Waals surface area (Å²) < 4.78 is 5.58. The van der Waals surface area contributed by atoms with Gasteiger partial charge in [0, 0.05) is 4.47 Å². The number of hydrogen-bond acceptors (Lipinski definition) is 5. The second-order valence-corrected chi connectivity index (χ2v) is 6.08. The first-order valence-electron chi connectivity index (χ1n) is 4.99. The molecule has 0 spiro atoms. The second kappa shape index (κ2) is 7.88. The summed E-state index contributed by atoms with van der Waals surface area (Å²) in [4.78, 5) is 16.0. The Bertz CT molecular complexity index is 617. The van der Waals surface area contributed by atoms with Crippen molar-refractivity contribution in [3.63, 3.8) is 0 Å². The number of carbonyl (C=O) groups is 1. The van der Waals surface area contributed by atoms with Crippen molar-refractivity contribution in [1.29, 1.82) is 5.26 Å². The van der Waals surface area contributed by atoms with Gasteiger partial charge in [-0.2, -0.15) is 5.26 Å². The quantitative estimate of drug-likeness (QED) is 0.246. The molecular formula is C11H8Br2ClN3O2S. The van der Waals surface area contributed by atoms with E-state index in [1.54, 1.807) is 18.5 Å². The molecule has 0 aliphatic rings. The van der Waals surface area contributed by atoms with Gasteiger partial charge in [0.15, 0.2) is 11.4 Å². The van der Waals surface area contributed by atoms with Gasteiger partial charge in [0.05, 0.1) is 27.9 Å². The van der Waals surface area contributed by atoms with Crippen LogP contribution < -0.4 is 5.32 Å². The number of thioether (sulfide) groups is 1. The molecule has 0 atom stereocenters. The van der Waals surface area contributed by atoms with Crippen LogP contribution in [-0.2, 0) is 4.74 Å². The topological polar surface area (TPSA) is 74.5 Å². The summed E-state index contributed by atoms with van der Waals surface area (Å²) in [6, 6.07) is 1.54. The van der Waals surface area contributed by atoms with Crippen LogP contribution in [0.3, 0.4) is 0 Å². The summed E-state index contributed by atoms with van der Waals surface area (Å²) in [5.41, 5.74) is 0.607. The number of benzene rings is 1. The van der Waals surface area contributed by atoms with Crippen LogP contribution in [0.1, 0.15) is 10.4 Å². The molecule has 0 fully saturated rings. The Balaban J connectivity index is 3.49. The van der Waals surface area contributed by atoms with Crippen LogP contribution in [0.15, 0.2) is 20.0 Å². The smallest absolute Gasteiger partial charge is 0.340 e. The van der Waals surface area contributed by atoms with E-state index in [2.05, 4.69) is 42.2 Å². The van der Waals surface area contributed by atoms with Crippen molar-refractivity contribution in [2.24, 2.45) is 4.99 Å². The Labute approximate surface area is 142 Å². The maximum atomic E-state index is 11.8. The Morgan fingerprint density at radius 1 is 1.60 bits per heavy atom. The number of nitrogens with zero attached hydrogens (tertiary/aromatic N) is 2. The van der Waals surface area contributed by atoms with Gasteiger partial charge < -0.3 is 4.74 Å². The van der Waals surface area contributed by atoms with Crippen LogP contribution in [0.2, 0.25) is 5.02 Å². The summed E-state index contributed by atoms with van der Waals surface area (Å²) in [7, 11) is 1.28. The Kier molecular flexibility index (Phi) is 6.82. The number of aliphatic imine (C=N–C) groups is 1. The average molecular weight is 442 g/mol. The molecule has 0 unspecified atom stereocenters. The molecule has 0 saturated heterocycles. The van der Waals surface area contributed by atoms with Crippen molar-refractivity contribution in [3.8, 4) is 6.19 Å². The van der Waals surface area contributed by atoms with Crippen molar-refractivity contribution < 1.29 is 9.53 Å². The summed E-state index contributed by atoms with van der Waals surface area (Å²) >= 11 is 13.9. The first-order valence-corrected chi connectivity index (χ1v) is 8.18. The van der Waals surface area contributed by atoms with E-state index < -0.39 is 5.97 Å². The van der Waals surface area contributed by atoms with Gasteiger partial charge >= 0.3 is 5.97 Å². The number of amidine groups is 1. The molecule has 106 valence electrons. The van der Waals surface area contributed by atoms with Gasteiger partial charge in [0.2, 0.25) is 0 Å². The fraction of sp³-hybridized carbons (Fsp3) is 0.182. The molecule has 0 radical (unpaired) electrons. The number of methoxy groups -OCH3 is 1. The highest BCUT2D eigenvalue weighted by Gasteiger charge is 2.20. The summed E-state index contributed by atoms with van der Waals surface area (Å²) in [6.45, 7) is 0. The largest absolute Gasteiger partial charge is 0.465 e. The zero-order valence-electron chi connectivity index (χ0n) is 10.3. The normalized spacial score (nSPS) is 10.9. The molecule has 0 bridgehead atoms. The number of ether oxygens (including phenoxy) is 1. The minimum absolute atomic E-state index is 0.271. The molecule has 0 aliphatic heterocycles. The van der Waals surface area contributed by atoms with E-state index in [9.17, 15) is 4.79 Å². The molecule has 0 amide bonds. The van der Waals surface area contributed by atoms with E-state index in [-0.39, 0.29) is 5.56 Å². The number of nitriles is 1. The van der Waals surface area contributed by atoms with Crippen LogP contribution in [-0.4, -0.2) is 24.5 Å². The first-order chi connectivity index (χ1) is 9.46. The van der Waals surface area contributed by atoms with Crippen LogP contribution >= 0.6 is 55.2 Å². The minimum atomic E-state index is -0.532. The van der Waals surface area contributed by atoms with Gasteiger partial charge in [0.25, 0.3) is 0 Å². The maximum absolute atomic E-state index is 11.8. The van der Waals surface area contributed by atoms with E-state index in [4.69, 9.17) is 21.6 Å². The molecule has 0 saturated carbocycles. The SMILES string of the molecule is COC(=O)c1c(Br)cc(Cl)c(N=C(NC#N)SC)c1Br. The van der Waals surface area contributed by atoms with Crippen LogP contribution in [0.5, 0.6) is 0 Å². The van der Waals surface area contributed by atoms with Crippen molar-refractivity contribution in [1.82, 2.24) is 5.32 Å². The third-order valence-corrected chi connectivity index (χ3v) is 4.37. The summed E-state index contributed by atoms with van der Waals surface area (Å²) in [5, 5.41) is 11.7. The molecular weight excluding hydrogens is 433 g/mol. The maximum Gasteiger partial charge on any atom is 0.340 e. The van der Waals surface area contributed by atoms with E-state index in [1.807, 2.05) is 0 Å². The standard InChI is InChI=1S/C11H8Br2ClN3O2S/c1-19-10(18)7-5(12)3-6(14)9(8(7)13)17-11(20-2)16-4-15/h3H,1-2H3,(H,16,17). The lowest BCUT2D eigenvalue weighted by molar-refractivity contribution is 0.0598. The Hall–Kier alpha value is -0.750. The first kappa shape index (κ1) is 17.3. The van der Waals surface area contributed by atoms with Gasteiger partial charge in [0.1, 0.15) is 0 Å².